The number of halogens is 6. The van der Waals surface area contributed by atoms with Gasteiger partial charge in [-0.25, -0.2) is 18.2 Å². The Morgan fingerprint density at radius 2 is 1.97 bits per heavy atom. The molecule has 8 nitrogen and oxygen atoms in total. The minimum atomic E-state index is -4.90. The highest BCUT2D eigenvalue weighted by Gasteiger charge is 2.38. The number of aromatic nitrogens is 4. The molecule has 14 heteroatoms. The van der Waals surface area contributed by atoms with Crippen LogP contribution in [-0.4, -0.2) is 44.1 Å². The highest BCUT2D eigenvalue weighted by molar-refractivity contribution is 5.96. The summed E-state index contributed by atoms with van der Waals surface area (Å²) in [5.41, 5.74) is 4.70. The van der Waals surface area contributed by atoms with Crippen molar-refractivity contribution in [2.75, 3.05) is 11.9 Å². The van der Waals surface area contributed by atoms with Crippen LogP contribution in [0.15, 0.2) is 42.9 Å². The number of fused-ring (bicyclic) bond motifs is 1. The number of nitrogens with zero attached hydrogens (tertiary/aromatic N) is 4. The van der Waals surface area contributed by atoms with E-state index in [1.807, 2.05) is 0 Å². The summed E-state index contributed by atoms with van der Waals surface area (Å²) in [4.78, 5) is 16.6. The van der Waals surface area contributed by atoms with E-state index >= 15 is 0 Å². The zero-order valence-corrected chi connectivity index (χ0v) is 20.2. The average Bonchev–Trinajstić information content (AvgIpc) is 3.42. The molecular formula is C24H23F6N7O. The van der Waals surface area contributed by atoms with Crippen LogP contribution in [0, 0.1) is 12.7 Å². The Bertz CT molecular complexity index is 1450. The lowest BCUT2D eigenvalue weighted by atomic mass is 10.1. The summed E-state index contributed by atoms with van der Waals surface area (Å²) in [6.45, 7) is 2.42. The fourth-order valence-corrected chi connectivity index (χ4v) is 3.98. The summed E-state index contributed by atoms with van der Waals surface area (Å²) < 4.78 is 83.3. The molecule has 4 N–H and O–H groups in total. The number of carbonyl (C=O) groups is 1. The van der Waals surface area contributed by atoms with E-state index in [-0.39, 0.29) is 35.2 Å². The standard InChI is InChI=1S/C24H23F6N7O/c1-12-6-14(7-16(25)20(12)23(38)33-13(2)8-31)34-17-4-3-5-37-18(9-32-22(17)37)15-10-36(11-19(26)27)35-21(15)24(28,29)30/h3-7,9-10,13,19,34H,8,11,31H2,1-2H3,(H,33,38)/t13-/m1/s1. The van der Waals surface area contributed by atoms with Crippen molar-refractivity contribution in [1.29, 1.82) is 0 Å². The molecule has 202 valence electrons. The van der Waals surface area contributed by atoms with Gasteiger partial charge < -0.3 is 16.4 Å². The number of anilines is 2. The third-order valence-corrected chi connectivity index (χ3v) is 5.69. The molecule has 1 aromatic carbocycles. The molecule has 0 unspecified atom stereocenters. The van der Waals surface area contributed by atoms with Gasteiger partial charge in [-0.3, -0.25) is 13.9 Å². The summed E-state index contributed by atoms with van der Waals surface area (Å²) in [5, 5.41) is 8.88. The number of amides is 1. The largest absolute Gasteiger partial charge is 0.435 e. The first kappa shape index (κ1) is 27.0. The van der Waals surface area contributed by atoms with Crippen LogP contribution in [0.1, 0.15) is 28.5 Å². The van der Waals surface area contributed by atoms with Crippen LogP contribution in [-0.2, 0) is 12.7 Å². The van der Waals surface area contributed by atoms with Gasteiger partial charge in [0, 0.05) is 30.7 Å². The fraction of sp³-hybridized carbons (Fsp3) is 0.292. The van der Waals surface area contributed by atoms with E-state index in [0.29, 0.717) is 15.9 Å². The lowest BCUT2D eigenvalue weighted by molar-refractivity contribution is -0.141. The first-order chi connectivity index (χ1) is 17.9. The maximum Gasteiger partial charge on any atom is 0.435 e. The molecule has 0 aliphatic rings. The molecule has 4 aromatic rings. The molecule has 1 atom stereocenters. The molecule has 0 fully saturated rings. The number of aryl methyl sites for hydroxylation is 1. The number of alkyl halides is 5. The number of rotatable bonds is 8. The molecule has 4 rings (SSSR count). The number of imidazole rings is 1. The minimum Gasteiger partial charge on any atom is -0.352 e. The summed E-state index contributed by atoms with van der Waals surface area (Å²) in [6, 6.07) is 5.39. The maximum atomic E-state index is 14.9. The van der Waals surface area contributed by atoms with Crippen molar-refractivity contribution in [2.24, 2.45) is 5.73 Å². The van der Waals surface area contributed by atoms with Gasteiger partial charge in [-0.1, -0.05) is 0 Å². The summed E-state index contributed by atoms with van der Waals surface area (Å²) in [6.07, 6.45) is -4.28. The Kier molecular flexibility index (Phi) is 7.35. The van der Waals surface area contributed by atoms with Gasteiger partial charge in [-0.2, -0.15) is 18.3 Å². The van der Waals surface area contributed by atoms with Crippen molar-refractivity contribution in [1.82, 2.24) is 24.5 Å². The van der Waals surface area contributed by atoms with E-state index in [1.54, 1.807) is 19.9 Å². The highest BCUT2D eigenvalue weighted by Crippen LogP contribution is 2.37. The van der Waals surface area contributed by atoms with E-state index in [9.17, 15) is 31.1 Å². The van der Waals surface area contributed by atoms with E-state index in [2.05, 4.69) is 20.7 Å². The average molecular weight is 539 g/mol. The number of carbonyl (C=O) groups excluding carboxylic acids is 1. The zero-order valence-electron chi connectivity index (χ0n) is 20.2. The summed E-state index contributed by atoms with van der Waals surface area (Å²) >= 11 is 0. The van der Waals surface area contributed by atoms with Crippen LogP contribution < -0.4 is 16.4 Å². The molecule has 0 bridgehead atoms. The van der Waals surface area contributed by atoms with Gasteiger partial charge in [0.15, 0.2) is 11.3 Å². The number of nitrogens with one attached hydrogen (secondary N) is 2. The van der Waals surface area contributed by atoms with Crippen LogP contribution in [0.3, 0.4) is 0 Å². The van der Waals surface area contributed by atoms with Crippen LogP contribution in [0.2, 0.25) is 0 Å². The van der Waals surface area contributed by atoms with Gasteiger partial charge in [-0.05, 0) is 43.7 Å². The normalized spacial score (nSPS) is 12.8. The van der Waals surface area contributed by atoms with E-state index in [0.717, 1.165) is 18.5 Å². The Morgan fingerprint density at radius 3 is 2.61 bits per heavy atom. The molecule has 0 spiro atoms. The third kappa shape index (κ3) is 5.44. The van der Waals surface area contributed by atoms with Crippen molar-refractivity contribution >= 4 is 22.9 Å². The van der Waals surface area contributed by atoms with Gasteiger partial charge in [0.05, 0.1) is 28.7 Å². The van der Waals surface area contributed by atoms with Crippen molar-refractivity contribution in [3.8, 4) is 11.3 Å². The molecular weight excluding hydrogens is 516 g/mol. The predicted molar refractivity (Wildman–Crippen MR) is 128 cm³/mol. The minimum absolute atomic E-state index is 0.0279. The molecule has 1 amide bonds. The number of pyridine rings is 1. The van der Waals surface area contributed by atoms with E-state index in [1.165, 1.54) is 22.7 Å². The number of hydrogen-bond donors (Lipinski definition) is 3. The SMILES string of the molecule is Cc1cc(Nc2cccn3c(-c4cn(CC(F)F)nc4C(F)(F)F)cnc23)cc(F)c1C(=O)N[C@H](C)CN. The smallest absolute Gasteiger partial charge is 0.352 e. The lowest BCUT2D eigenvalue weighted by Crippen LogP contribution is -2.38. The lowest BCUT2D eigenvalue weighted by Gasteiger charge is -2.15. The second kappa shape index (κ2) is 10.4. The van der Waals surface area contributed by atoms with Gasteiger partial charge in [0.25, 0.3) is 12.3 Å². The van der Waals surface area contributed by atoms with Gasteiger partial charge in [-0.15, -0.1) is 0 Å². The first-order valence-electron chi connectivity index (χ1n) is 11.4. The second-order valence-corrected chi connectivity index (χ2v) is 8.65. The molecule has 3 heterocycles. The van der Waals surface area contributed by atoms with Gasteiger partial charge in [0.2, 0.25) is 0 Å². The number of hydrogen-bond acceptors (Lipinski definition) is 5. The van der Waals surface area contributed by atoms with Crippen LogP contribution in [0.25, 0.3) is 16.9 Å². The second-order valence-electron chi connectivity index (χ2n) is 8.65. The summed E-state index contributed by atoms with van der Waals surface area (Å²) in [7, 11) is 0. The molecule has 0 saturated carbocycles. The highest BCUT2D eigenvalue weighted by atomic mass is 19.4. The monoisotopic (exact) mass is 539 g/mol. The Morgan fingerprint density at radius 1 is 1.24 bits per heavy atom. The zero-order chi connectivity index (χ0) is 27.8. The molecule has 3 aromatic heterocycles. The van der Waals surface area contributed by atoms with Crippen molar-refractivity contribution in [3.05, 3.63) is 65.5 Å². The van der Waals surface area contributed by atoms with Crippen molar-refractivity contribution < 1.29 is 31.1 Å². The first-order valence-corrected chi connectivity index (χ1v) is 11.4. The Labute approximate surface area is 212 Å². The van der Waals surface area contributed by atoms with Crippen LogP contribution in [0.5, 0.6) is 0 Å². The quantitative estimate of drug-likeness (QED) is 0.281. The van der Waals surface area contributed by atoms with Crippen molar-refractivity contribution in [2.45, 2.75) is 39.0 Å². The van der Waals surface area contributed by atoms with Crippen LogP contribution >= 0.6 is 0 Å². The molecule has 0 radical (unpaired) electrons. The van der Waals surface area contributed by atoms with E-state index in [4.69, 9.17) is 5.73 Å². The van der Waals surface area contributed by atoms with Gasteiger partial charge in [0.1, 0.15) is 12.4 Å². The fourth-order valence-electron chi connectivity index (χ4n) is 3.98. The van der Waals surface area contributed by atoms with Gasteiger partial charge >= 0.3 is 6.18 Å². The van der Waals surface area contributed by atoms with Crippen molar-refractivity contribution in [3.63, 3.8) is 0 Å². The third-order valence-electron chi connectivity index (χ3n) is 5.69. The van der Waals surface area contributed by atoms with Crippen LogP contribution in [0.4, 0.5) is 37.7 Å². The Hall–Kier alpha value is -4.07. The number of nitrogens with two attached hydrogens (primary N) is 1. The molecule has 0 aliphatic heterocycles. The Balaban J connectivity index is 1.70. The number of benzene rings is 1. The predicted octanol–water partition coefficient (Wildman–Crippen LogP) is 4.75. The molecule has 0 aliphatic carbocycles. The maximum absolute atomic E-state index is 14.9. The topological polar surface area (TPSA) is 102 Å². The summed E-state index contributed by atoms with van der Waals surface area (Å²) in [5.74, 6) is -1.40. The van der Waals surface area contributed by atoms with E-state index < -0.39 is 42.1 Å². The molecule has 0 saturated heterocycles. The molecule has 38 heavy (non-hydrogen) atoms.